The minimum absolute atomic E-state index is 0.238. The lowest BCUT2D eigenvalue weighted by Gasteiger charge is -1.98. The number of allylic oxidation sites excluding steroid dienone is 1. The molecule has 0 radical (unpaired) electrons. The van der Waals surface area contributed by atoms with Crippen molar-refractivity contribution < 1.29 is 18.0 Å². The van der Waals surface area contributed by atoms with Gasteiger partial charge in [-0.3, -0.25) is 4.79 Å². The maximum Gasteiger partial charge on any atom is 0.245 e. The Labute approximate surface area is 82.8 Å². The zero-order valence-corrected chi connectivity index (χ0v) is 7.49. The highest BCUT2D eigenvalue weighted by Crippen LogP contribution is 2.16. The van der Waals surface area contributed by atoms with Crippen molar-refractivity contribution in [3.05, 3.63) is 41.2 Å². The van der Waals surface area contributed by atoms with Crippen LogP contribution in [0.5, 0.6) is 0 Å². The monoisotopic (exact) mass is 220 g/mol. The van der Waals surface area contributed by atoms with Gasteiger partial charge >= 0.3 is 0 Å². The average molecular weight is 221 g/mol. The molecule has 0 N–H and O–H groups in total. The number of halogens is 4. The molecule has 0 spiro atoms. The first-order valence-electron chi connectivity index (χ1n) is 3.53. The van der Waals surface area contributed by atoms with Crippen LogP contribution in [0.25, 0.3) is 6.08 Å². The second kappa shape index (κ2) is 4.28. The molecule has 0 bridgehead atoms. The van der Waals surface area contributed by atoms with E-state index in [1.807, 2.05) is 0 Å². The van der Waals surface area contributed by atoms with E-state index in [2.05, 4.69) is 0 Å². The third-order valence-corrected chi connectivity index (χ3v) is 1.58. The molecule has 1 aromatic carbocycles. The zero-order valence-electron chi connectivity index (χ0n) is 6.73. The van der Waals surface area contributed by atoms with Gasteiger partial charge in [0.2, 0.25) is 5.24 Å². The van der Waals surface area contributed by atoms with Crippen molar-refractivity contribution in [2.45, 2.75) is 0 Å². The fraction of sp³-hybridized carbons (Fsp3) is 0. The summed E-state index contributed by atoms with van der Waals surface area (Å²) >= 11 is 4.94. The van der Waals surface area contributed by atoms with E-state index in [0.717, 1.165) is 24.3 Å². The van der Waals surface area contributed by atoms with E-state index in [-0.39, 0.29) is 5.56 Å². The molecule has 0 saturated heterocycles. The van der Waals surface area contributed by atoms with Gasteiger partial charge < -0.3 is 0 Å². The number of hydrogen-bond acceptors (Lipinski definition) is 1. The Hall–Kier alpha value is -1.29. The Balaban J connectivity index is 3.12. The molecule has 1 aromatic rings. The van der Waals surface area contributed by atoms with Crippen LogP contribution in [0.1, 0.15) is 5.56 Å². The van der Waals surface area contributed by atoms with E-state index in [1.165, 1.54) is 0 Å². The molecular formula is C9H4ClF3O. The lowest BCUT2D eigenvalue weighted by molar-refractivity contribution is -0.107. The predicted octanol–water partition coefficient (Wildman–Crippen LogP) is 2.88. The molecule has 0 heterocycles. The third kappa shape index (κ3) is 2.35. The summed E-state index contributed by atoms with van der Waals surface area (Å²) in [6.07, 6.45) is 1.81. The molecule has 14 heavy (non-hydrogen) atoms. The van der Waals surface area contributed by atoms with Crippen molar-refractivity contribution in [2.75, 3.05) is 0 Å². The van der Waals surface area contributed by atoms with Gasteiger partial charge in [0.15, 0.2) is 17.5 Å². The topological polar surface area (TPSA) is 17.1 Å². The van der Waals surface area contributed by atoms with E-state index in [4.69, 9.17) is 11.6 Å². The van der Waals surface area contributed by atoms with Crippen LogP contribution in [0.15, 0.2) is 18.2 Å². The smallest absolute Gasteiger partial charge is 0.245 e. The number of carbonyl (C=O) groups is 1. The lowest BCUT2D eigenvalue weighted by Crippen LogP contribution is -1.93. The van der Waals surface area contributed by atoms with Gasteiger partial charge in [0.05, 0.1) is 0 Å². The van der Waals surface area contributed by atoms with Crippen molar-refractivity contribution >= 4 is 22.9 Å². The Morgan fingerprint density at radius 2 is 1.86 bits per heavy atom. The molecule has 74 valence electrons. The second-order valence-corrected chi connectivity index (χ2v) is 2.77. The quantitative estimate of drug-likeness (QED) is 0.426. The third-order valence-electron chi connectivity index (χ3n) is 1.46. The number of benzene rings is 1. The Bertz CT molecular complexity index is 401. The van der Waals surface area contributed by atoms with E-state index in [1.54, 1.807) is 0 Å². The Kier molecular flexibility index (Phi) is 3.30. The summed E-state index contributed by atoms with van der Waals surface area (Å²) in [5.74, 6) is -4.20. The van der Waals surface area contributed by atoms with E-state index < -0.39 is 22.7 Å². The molecule has 0 atom stereocenters. The highest BCUT2D eigenvalue weighted by molar-refractivity contribution is 6.66. The zero-order chi connectivity index (χ0) is 10.7. The van der Waals surface area contributed by atoms with Crippen LogP contribution in [-0.4, -0.2) is 5.24 Å². The SMILES string of the molecule is O=C(Cl)/C=C/c1ccc(F)c(F)c1F. The molecule has 0 saturated carbocycles. The van der Waals surface area contributed by atoms with Crippen molar-refractivity contribution in [2.24, 2.45) is 0 Å². The van der Waals surface area contributed by atoms with Gasteiger partial charge in [-0.15, -0.1) is 0 Å². The maximum absolute atomic E-state index is 12.9. The molecule has 0 aliphatic rings. The maximum atomic E-state index is 12.9. The molecule has 0 aliphatic heterocycles. The molecule has 1 rings (SSSR count). The van der Waals surface area contributed by atoms with Crippen LogP contribution in [0.3, 0.4) is 0 Å². The van der Waals surface area contributed by atoms with Gasteiger partial charge in [0, 0.05) is 5.56 Å². The summed E-state index contributed by atoms with van der Waals surface area (Å²) < 4.78 is 37.9. The van der Waals surface area contributed by atoms with Gasteiger partial charge in [0.1, 0.15) is 0 Å². The van der Waals surface area contributed by atoms with Crippen LogP contribution in [0.4, 0.5) is 13.2 Å². The van der Waals surface area contributed by atoms with E-state index in [9.17, 15) is 18.0 Å². The van der Waals surface area contributed by atoms with Gasteiger partial charge in [0.25, 0.3) is 0 Å². The Morgan fingerprint density at radius 1 is 1.21 bits per heavy atom. The van der Waals surface area contributed by atoms with Crippen LogP contribution in [-0.2, 0) is 4.79 Å². The molecule has 0 unspecified atom stereocenters. The molecule has 5 heteroatoms. The highest BCUT2D eigenvalue weighted by atomic mass is 35.5. The minimum atomic E-state index is -1.57. The van der Waals surface area contributed by atoms with Crippen LogP contribution >= 0.6 is 11.6 Å². The first-order chi connectivity index (χ1) is 6.52. The number of carbonyl (C=O) groups excluding carboxylic acids is 1. The van der Waals surface area contributed by atoms with Gasteiger partial charge in [-0.25, -0.2) is 13.2 Å². The summed E-state index contributed by atoms with van der Waals surface area (Å²) in [4.78, 5) is 10.3. The molecule has 0 amide bonds. The first kappa shape index (κ1) is 10.8. The van der Waals surface area contributed by atoms with Crippen molar-refractivity contribution in [1.29, 1.82) is 0 Å². The summed E-state index contributed by atoms with van der Waals surface area (Å²) in [6.45, 7) is 0. The molecule has 1 nitrogen and oxygen atoms in total. The first-order valence-corrected chi connectivity index (χ1v) is 3.91. The molecule has 0 aliphatic carbocycles. The largest absolute Gasteiger partial charge is 0.276 e. The molecule has 0 fully saturated rings. The average Bonchev–Trinajstić information content (AvgIpc) is 2.13. The second-order valence-electron chi connectivity index (χ2n) is 2.40. The fourth-order valence-corrected chi connectivity index (χ4v) is 0.888. The Morgan fingerprint density at radius 3 is 2.43 bits per heavy atom. The fourth-order valence-electron chi connectivity index (χ4n) is 0.825. The van der Waals surface area contributed by atoms with Crippen molar-refractivity contribution in [3.63, 3.8) is 0 Å². The molecular weight excluding hydrogens is 217 g/mol. The normalized spacial score (nSPS) is 10.9. The minimum Gasteiger partial charge on any atom is -0.276 e. The summed E-state index contributed by atoms with van der Waals surface area (Å²) in [5.41, 5.74) is -0.238. The lowest BCUT2D eigenvalue weighted by atomic mass is 10.2. The molecule has 0 aromatic heterocycles. The van der Waals surface area contributed by atoms with Crippen molar-refractivity contribution in [1.82, 2.24) is 0 Å². The van der Waals surface area contributed by atoms with Crippen LogP contribution < -0.4 is 0 Å². The summed E-state index contributed by atoms with van der Waals surface area (Å²) in [7, 11) is 0. The van der Waals surface area contributed by atoms with E-state index >= 15 is 0 Å². The summed E-state index contributed by atoms with van der Waals surface area (Å²) in [6, 6.07) is 1.76. The summed E-state index contributed by atoms with van der Waals surface area (Å²) in [5, 5.41) is -0.825. The van der Waals surface area contributed by atoms with Crippen LogP contribution in [0, 0.1) is 17.5 Å². The van der Waals surface area contributed by atoms with Crippen LogP contribution in [0.2, 0.25) is 0 Å². The number of rotatable bonds is 2. The van der Waals surface area contributed by atoms with Gasteiger partial charge in [-0.2, -0.15) is 0 Å². The number of hydrogen-bond donors (Lipinski definition) is 0. The standard InChI is InChI=1S/C9H4ClF3O/c10-7(14)4-2-5-1-3-6(11)9(13)8(5)12/h1-4H/b4-2+. The van der Waals surface area contributed by atoms with E-state index in [0.29, 0.717) is 0 Å². The van der Waals surface area contributed by atoms with Crippen molar-refractivity contribution in [3.8, 4) is 0 Å². The van der Waals surface area contributed by atoms with Gasteiger partial charge in [-0.05, 0) is 35.9 Å². The highest BCUT2D eigenvalue weighted by Gasteiger charge is 2.11. The van der Waals surface area contributed by atoms with Gasteiger partial charge in [-0.1, -0.05) is 0 Å². The predicted molar refractivity (Wildman–Crippen MR) is 46.2 cm³/mol.